The second kappa shape index (κ2) is 14.7. The van der Waals surface area contributed by atoms with Crippen LogP contribution in [0.3, 0.4) is 0 Å². The molecule has 0 aliphatic heterocycles. The Hall–Kier alpha value is -1.29. The van der Waals surface area contributed by atoms with Crippen LogP contribution in [0.15, 0.2) is 23.7 Å². The van der Waals surface area contributed by atoms with Gasteiger partial charge in [-0.25, -0.2) is 0 Å². The molecule has 0 spiro atoms. The Morgan fingerprint density at radius 1 is 0.824 bits per heavy atom. The summed E-state index contributed by atoms with van der Waals surface area (Å²) in [6.45, 7) is 5.70. The van der Waals surface area contributed by atoms with Gasteiger partial charge < -0.3 is 10.2 Å². The number of allylic oxidation sites excluding steroid dienone is 4. The topological polar surface area (TPSA) is 109 Å². The standard InChI is InChI=1S/2C5H8O2.Mo.2O/c2*1-4(6)3-5(2)7;;;/h2*3,6H,1-2H3;;;/q;;+2;;/b2*4-3-;;;. The van der Waals surface area contributed by atoms with E-state index in [4.69, 9.17) is 17.0 Å². The van der Waals surface area contributed by atoms with Gasteiger partial charge in [-0.3, -0.25) is 9.59 Å². The normalized spacial score (nSPS) is 9.88. The number of aliphatic hydroxyl groups excluding tert-OH is 2. The van der Waals surface area contributed by atoms with Gasteiger partial charge in [0.25, 0.3) is 0 Å². The minimum atomic E-state index is -2.03. The Bertz CT molecular complexity index is 301. The Morgan fingerprint density at radius 3 is 1.00 bits per heavy atom. The van der Waals surface area contributed by atoms with Gasteiger partial charge in [0.05, 0.1) is 11.5 Å². The maximum absolute atomic E-state index is 10.0. The summed E-state index contributed by atoms with van der Waals surface area (Å²) in [4.78, 5) is 20.0. The molecule has 96 valence electrons. The van der Waals surface area contributed by atoms with E-state index >= 15 is 0 Å². The van der Waals surface area contributed by atoms with Gasteiger partial charge in [0.15, 0.2) is 11.6 Å². The zero-order valence-corrected chi connectivity index (χ0v) is 12.1. The zero-order valence-electron chi connectivity index (χ0n) is 10.1. The molecule has 0 aromatic rings. The maximum atomic E-state index is 10.0. The summed E-state index contributed by atoms with van der Waals surface area (Å²) in [5.41, 5.74) is 0. The van der Waals surface area contributed by atoms with E-state index in [1.54, 1.807) is 0 Å². The summed E-state index contributed by atoms with van der Waals surface area (Å²) in [5, 5.41) is 16.7. The molecule has 0 aliphatic rings. The molecule has 0 fully saturated rings. The van der Waals surface area contributed by atoms with E-state index in [-0.39, 0.29) is 23.1 Å². The molecule has 2 N–H and O–H groups in total. The molecule has 0 bridgehead atoms. The Labute approximate surface area is 108 Å². The molecule has 0 rings (SSSR count). The van der Waals surface area contributed by atoms with Gasteiger partial charge in [-0.1, -0.05) is 0 Å². The third kappa shape index (κ3) is 52.8. The van der Waals surface area contributed by atoms with Gasteiger partial charge in [-0.2, -0.15) is 0 Å². The van der Waals surface area contributed by atoms with Crippen LogP contribution in [0, 0.1) is 0 Å². The summed E-state index contributed by atoms with van der Waals surface area (Å²) in [6.07, 6.45) is 2.33. The molecular weight excluding hydrogens is 312 g/mol. The molecule has 0 aromatic heterocycles. The zero-order chi connectivity index (χ0) is 14.4. The predicted octanol–water partition coefficient (Wildman–Crippen LogP) is 1.83. The first kappa shape index (κ1) is 21.0. The van der Waals surface area contributed by atoms with Crippen molar-refractivity contribution >= 4 is 11.6 Å². The second-order valence-corrected chi connectivity index (χ2v) is 3.20. The van der Waals surface area contributed by atoms with Crippen molar-refractivity contribution < 1.29 is 45.1 Å². The molecule has 0 aliphatic carbocycles. The SMILES string of the molecule is CC(=O)/C=C(/C)O.CC(=O)/C=C(/C)O.[O]=[Mo+2]=[O]. The molecule has 0 amide bonds. The number of ketones is 2. The molecule has 0 aromatic carbocycles. The molecule has 0 saturated heterocycles. The quantitative estimate of drug-likeness (QED) is 0.455. The van der Waals surface area contributed by atoms with Crippen LogP contribution in [-0.4, -0.2) is 21.8 Å². The number of hydrogen-bond donors (Lipinski definition) is 2. The van der Waals surface area contributed by atoms with Crippen molar-refractivity contribution in [1.29, 1.82) is 0 Å². The average molecular weight is 328 g/mol. The summed E-state index contributed by atoms with van der Waals surface area (Å²) in [7, 11) is 0. The van der Waals surface area contributed by atoms with Crippen LogP contribution >= 0.6 is 0 Å². The Balaban J connectivity index is -0.000000188. The van der Waals surface area contributed by atoms with Crippen molar-refractivity contribution in [3.8, 4) is 0 Å². The summed E-state index contributed by atoms with van der Waals surface area (Å²) in [6, 6.07) is 0. The van der Waals surface area contributed by atoms with Crippen LogP contribution in [0.25, 0.3) is 0 Å². The number of carbonyl (C=O) groups is 2. The summed E-state index contributed by atoms with van der Waals surface area (Å²) >= 11 is -2.03. The van der Waals surface area contributed by atoms with Crippen LogP contribution in [0.1, 0.15) is 27.7 Å². The van der Waals surface area contributed by atoms with Gasteiger partial charge in [-0.05, 0) is 27.7 Å². The number of hydrogen-bond acceptors (Lipinski definition) is 6. The van der Waals surface area contributed by atoms with E-state index in [2.05, 4.69) is 0 Å². The fourth-order valence-corrected chi connectivity index (χ4v) is 0.588. The van der Waals surface area contributed by atoms with Gasteiger partial charge in [0, 0.05) is 12.2 Å². The molecule has 0 radical (unpaired) electrons. The predicted molar refractivity (Wildman–Crippen MR) is 55.5 cm³/mol. The summed E-state index contributed by atoms with van der Waals surface area (Å²) in [5.74, 6) is -0.125. The van der Waals surface area contributed by atoms with E-state index in [0.29, 0.717) is 0 Å². The van der Waals surface area contributed by atoms with E-state index in [1.165, 1.54) is 39.8 Å². The van der Waals surface area contributed by atoms with Crippen molar-refractivity contribution in [3.05, 3.63) is 23.7 Å². The van der Waals surface area contributed by atoms with Crippen LogP contribution < -0.4 is 0 Å². The van der Waals surface area contributed by atoms with Crippen molar-refractivity contribution in [2.24, 2.45) is 0 Å². The number of carbonyl (C=O) groups excluding carboxylic acids is 2. The van der Waals surface area contributed by atoms with Gasteiger partial charge >= 0.3 is 25.3 Å². The minimum absolute atomic E-state index is 0.0625. The summed E-state index contributed by atoms with van der Waals surface area (Å²) < 4.78 is 17.0. The fraction of sp³-hybridized carbons (Fsp3) is 0.400. The third-order valence-corrected chi connectivity index (χ3v) is 0.824. The molecule has 0 saturated carbocycles. The van der Waals surface area contributed by atoms with Crippen LogP contribution in [-0.2, 0) is 34.9 Å². The monoisotopic (exact) mass is 330 g/mol. The molecular formula is C10H16MoO6+2. The van der Waals surface area contributed by atoms with Crippen molar-refractivity contribution in [1.82, 2.24) is 0 Å². The third-order valence-electron chi connectivity index (χ3n) is 0.824. The van der Waals surface area contributed by atoms with Crippen LogP contribution in [0.4, 0.5) is 0 Å². The molecule has 7 heteroatoms. The van der Waals surface area contributed by atoms with E-state index in [9.17, 15) is 9.59 Å². The van der Waals surface area contributed by atoms with Crippen molar-refractivity contribution in [3.63, 3.8) is 0 Å². The molecule has 0 atom stereocenters. The first-order valence-corrected chi connectivity index (χ1v) is 5.98. The van der Waals surface area contributed by atoms with Gasteiger partial charge in [0.1, 0.15) is 0 Å². The Morgan fingerprint density at radius 2 is 1.00 bits per heavy atom. The van der Waals surface area contributed by atoms with Gasteiger partial charge in [0.2, 0.25) is 0 Å². The van der Waals surface area contributed by atoms with Crippen molar-refractivity contribution in [2.75, 3.05) is 0 Å². The average Bonchev–Trinajstić information content (AvgIpc) is 1.99. The fourth-order valence-electron chi connectivity index (χ4n) is 0.588. The Kier molecular flexibility index (Phi) is 18.2. The molecule has 6 nitrogen and oxygen atoms in total. The van der Waals surface area contributed by atoms with Crippen molar-refractivity contribution in [2.45, 2.75) is 27.7 Å². The molecule has 0 heterocycles. The second-order valence-electron chi connectivity index (χ2n) is 2.86. The van der Waals surface area contributed by atoms with E-state index in [1.807, 2.05) is 0 Å². The van der Waals surface area contributed by atoms with Crippen LogP contribution in [0.5, 0.6) is 0 Å². The first-order valence-electron chi connectivity index (χ1n) is 4.34. The number of aliphatic hydroxyl groups is 2. The van der Waals surface area contributed by atoms with Gasteiger partial charge in [-0.15, -0.1) is 0 Å². The van der Waals surface area contributed by atoms with E-state index in [0.717, 1.165) is 0 Å². The first-order chi connectivity index (χ1) is 7.67. The molecule has 17 heavy (non-hydrogen) atoms. The van der Waals surface area contributed by atoms with E-state index < -0.39 is 18.5 Å². The van der Waals surface area contributed by atoms with Crippen LogP contribution in [0.2, 0.25) is 0 Å². The number of rotatable bonds is 2. The molecule has 0 unspecified atom stereocenters.